The van der Waals surface area contributed by atoms with Gasteiger partial charge in [0, 0.05) is 11.8 Å². The smallest absolute Gasteiger partial charge is 0.322 e. The molecule has 0 aromatic heterocycles. The number of aliphatic carboxylic acids is 1. The van der Waals surface area contributed by atoms with Crippen molar-refractivity contribution in [2.75, 3.05) is 6.54 Å². The van der Waals surface area contributed by atoms with Crippen LogP contribution in [0.15, 0.2) is 11.8 Å². The topological polar surface area (TPSA) is 92.4 Å². The van der Waals surface area contributed by atoms with E-state index in [-0.39, 0.29) is 6.54 Å². The number of allylic oxidation sites excluding steroid dienone is 1. The monoisotopic (exact) mass is 158 g/mol. The highest BCUT2D eigenvalue weighted by Crippen LogP contribution is 1.78. The zero-order valence-corrected chi connectivity index (χ0v) is 6.13. The van der Waals surface area contributed by atoms with Crippen LogP contribution in [0.2, 0.25) is 0 Å². The predicted molar refractivity (Wildman–Crippen MR) is 38.6 cm³/mol. The third-order valence-corrected chi connectivity index (χ3v) is 0.773. The fourth-order valence-corrected chi connectivity index (χ4v) is 0.421. The van der Waals surface area contributed by atoms with Crippen LogP contribution in [-0.4, -0.2) is 23.5 Å². The Morgan fingerprint density at radius 3 is 2.55 bits per heavy atom. The van der Waals surface area contributed by atoms with E-state index in [2.05, 4.69) is 5.32 Å². The summed E-state index contributed by atoms with van der Waals surface area (Å²) in [5.74, 6) is -1.58. The van der Waals surface area contributed by atoms with Crippen LogP contribution < -0.4 is 11.1 Å². The van der Waals surface area contributed by atoms with Crippen LogP contribution in [0.1, 0.15) is 6.92 Å². The molecule has 0 saturated carbocycles. The molecule has 0 aromatic rings. The molecule has 0 spiro atoms. The number of hydrogen-bond acceptors (Lipinski definition) is 3. The summed E-state index contributed by atoms with van der Waals surface area (Å²) in [4.78, 5) is 20.5. The molecule has 0 aromatic carbocycles. The highest BCUT2D eigenvalue weighted by Gasteiger charge is 1.98. The van der Waals surface area contributed by atoms with Gasteiger partial charge in [-0.2, -0.15) is 0 Å². The van der Waals surface area contributed by atoms with Crippen LogP contribution in [0.25, 0.3) is 0 Å². The first kappa shape index (κ1) is 9.48. The fraction of sp³-hybridized carbons (Fsp3) is 0.333. The van der Waals surface area contributed by atoms with Gasteiger partial charge in [0.1, 0.15) is 6.54 Å². The van der Waals surface area contributed by atoms with Gasteiger partial charge in [0.2, 0.25) is 5.91 Å². The molecule has 5 heteroatoms. The van der Waals surface area contributed by atoms with Crippen LogP contribution in [0.5, 0.6) is 0 Å². The quantitative estimate of drug-likeness (QED) is 0.462. The first-order chi connectivity index (χ1) is 5.02. The van der Waals surface area contributed by atoms with E-state index in [9.17, 15) is 9.59 Å². The third-order valence-electron chi connectivity index (χ3n) is 0.773. The molecule has 0 fully saturated rings. The number of carboxylic acid groups (broad SMARTS) is 1. The van der Waals surface area contributed by atoms with Crippen molar-refractivity contribution in [3.63, 3.8) is 0 Å². The molecule has 1 amide bonds. The van der Waals surface area contributed by atoms with E-state index in [4.69, 9.17) is 10.8 Å². The van der Waals surface area contributed by atoms with E-state index in [0.29, 0.717) is 5.70 Å². The Morgan fingerprint density at radius 2 is 2.18 bits per heavy atom. The average molecular weight is 158 g/mol. The predicted octanol–water partition coefficient (Wildman–Crippen LogP) is -0.950. The van der Waals surface area contributed by atoms with Crippen molar-refractivity contribution in [1.82, 2.24) is 5.32 Å². The number of amides is 1. The molecule has 0 rings (SSSR count). The van der Waals surface area contributed by atoms with Gasteiger partial charge in [-0.1, -0.05) is 0 Å². The molecule has 0 aliphatic heterocycles. The highest BCUT2D eigenvalue weighted by molar-refractivity contribution is 5.90. The van der Waals surface area contributed by atoms with E-state index >= 15 is 0 Å². The van der Waals surface area contributed by atoms with Crippen molar-refractivity contribution in [1.29, 1.82) is 0 Å². The Balaban J connectivity index is 3.71. The second kappa shape index (κ2) is 4.32. The van der Waals surface area contributed by atoms with Gasteiger partial charge in [-0.25, -0.2) is 0 Å². The van der Waals surface area contributed by atoms with Gasteiger partial charge in [0.25, 0.3) is 0 Å². The van der Waals surface area contributed by atoms with E-state index < -0.39 is 11.9 Å². The van der Waals surface area contributed by atoms with Gasteiger partial charge in [0.15, 0.2) is 0 Å². The summed E-state index contributed by atoms with van der Waals surface area (Å²) in [5.41, 5.74) is 5.49. The molecule has 0 bridgehead atoms. The molecule has 0 heterocycles. The van der Waals surface area contributed by atoms with E-state index in [1.54, 1.807) is 6.92 Å². The summed E-state index contributed by atoms with van der Waals surface area (Å²) in [6.45, 7) is 1.16. The number of rotatable bonds is 3. The standard InChI is InChI=1S/C6H10N2O3/c1-4(7)2-5(9)8-3-6(10)11/h2H,3,7H2,1H3,(H,8,9)(H,10,11). The van der Waals surface area contributed by atoms with Gasteiger partial charge in [-0.3, -0.25) is 9.59 Å². The van der Waals surface area contributed by atoms with Crippen molar-refractivity contribution in [3.05, 3.63) is 11.8 Å². The van der Waals surface area contributed by atoms with Gasteiger partial charge < -0.3 is 16.2 Å². The highest BCUT2D eigenvalue weighted by atomic mass is 16.4. The molecular weight excluding hydrogens is 148 g/mol. The summed E-state index contributed by atoms with van der Waals surface area (Å²) in [6.07, 6.45) is 1.13. The van der Waals surface area contributed by atoms with Crippen molar-refractivity contribution in [2.24, 2.45) is 5.73 Å². The van der Waals surface area contributed by atoms with Gasteiger partial charge in [0.05, 0.1) is 0 Å². The minimum Gasteiger partial charge on any atom is -0.480 e. The first-order valence-electron chi connectivity index (χ1n) is 2.95. The van der Waals surface area contributed by atoms with Gasteiger partial charge >= 0.3 is 5.97 Å². The number of carbonyl (C=O) groups is 2. The molecule has 4 N–H and O–H groups in total. The summed E-state index contributed by atoms with van der Waals surface area (Å²) in [7, 11) is 0. The second-order valence-corrected chi connectivity index (χ2v) is 2.00. The lowest BCUT2D eigenvalue weighted by Gasteiger charge is -1.96. The Bertz CT molecular complexity index is 194. The molecule has 0 atom stereocenters. The Morgan fingerprint density at radius 1 is 1.64 bits per heavy atom. The molecule has 11 heavy (non-hydrogen) atoms. The lowest BCUT2D eigenvalue weighted by molar-refractivity contribution is -0.137. The number of carbonyl (C=O) groups excluding carboxylic acids is 1. The Kier molecular flexibility index (Phi) is 3.72. The van der Waals surface area contributed by atoms with E-state index in [1.807, 2.05) is 0 Å². The molecule has 0 aliphatic carbocycles. The Labute approximate surface area is 63.9 Å². The van der Waals surface area contributed by atoms with Crippen molar-refractivity contribution in [2.45, 2.75) is 6.92 Å². The number of nitrogens with two attached hydrogens (primary N) is 1. The SMILES string of the molecule is CC(N)=CC(=O)NCC(=O)O. The molecular formula is C6H10N2O3. The summed E-state index contributed by atoms with van der Waals surface area (Å²) in [6, 6.07) is 0. The van der Waals surface area contributed by atoms with Crippen LogP contribution in [0.3, 0.4) is 0 Å². The summed E-state index contributed by atoms with van der Waals surface area (Å²) >= 11 is 0. The van der Waals surface area contributed by atoms with Crippen LogP contribution in [0, 0.1) is 0 Å². The Hall–Kier alpha value is -1.52. The molecule has 0 unspecified atom stereocenters. The number of nitrogens with one attached hydrogen (secondary N) is 1. The van der Waals surface area contributed by atoms with E-state index in [0.717, 1.165) is 6.08 Å². The van der Waals surface area contributed by atoms with Crippen molar-refractivity contribution < 1.29 is 14.7 Å². The van der Waals surface area contributed by atoms with Crippen LogP contribution in [-0.2, 0) is 9.59 Å². The van der Waals surface area contributed by atoms with Gasteiger partial charge in [-0.15, -0.1) is 0 Å². The largest absolute Gasteiger partial charge is 0.480 e. The fourth-order valence-electron chi connectivity index (χ4n) is 0.421. The molecule has 5 nitrogen and oxygen atoms in total. The molecule has 0 saturated heterocycles. The normalized spacial score (nSPS) is 10.8. The van der Waals surface area contributed by atoms with Crippen LogP contribution >= 0.6 is 0 Å². The zero-order valence-electron chi connectivity index (χ0n) is 6.13. The maximum Gasteiger partial charge on any atom is 0.322 e. The van der Waals surface area contributed by atoms with Crippen LogP contribution in [0.4, 0.5) is 0 Å². The van der Waals surface area contributed by atoms with Crippen molar-refractivity contribution >= 4 is 11.9 Å². The lowest BCUT2D eigenvalue weighted by Crippen LogP contribution is -2.28. The summed E-state index contributed by atoms with van der Waals surface area (Å²) in [5, 5.41) is 10.2. The number of carboxylic acids is 1. The summed E-state index contributed by atoms with van der Waals surface area (Å²) < 4.78 is 0. The number of hydrogen-bond donors (Lipinski definition) is 3. The second-order valence-electron chi connectivity index (χ2n) is 2.00. The van der Waals surface area contributed by atoms with E-state index in [1.165, 1.54) is 0 Å². The minimum absolute atomic E-state index is 0.341. The third kappa shape index (κ3) is 6.36. The first-order valence-corrected chi connectivity index (χ1v) is 2.95. The van der Waals surface area contributed by atoms with Crippen molar-refractivity contribution in [3.8, 4) is 0 Å². The molecule has 0 aliphatic rings. The lowest BCUT2D eigenvalue weighted by atomic mass is 10.4. The van der Waals surface area contributed by atoms with Gasteiger partial charge in [-0.05, 0) is 6.92 Å². The molecule has 0 radical (unpaired) electrons. The minimum atomic E-state index is -1.08. The maximum atomic E-state index is 10.6. The average Bonchev–Trinajstić information content (AvgIpc) is 1.82. The maximum absolute atomic E-state index is 10.6. The zero-order chi connectivity index (χ0) is 8.85. The molecule has 62 valence electrons.